The van der Waals surface area contributed by atoms with Crippen LogP contribution in [0.5, 0.6) is 0 Å². The van der Waals surface area contributed by atoms with Gasteiger partial charge in [0.25, 0.3) is 0 Å². The Balaban J connectivity index is 0.000000631. The van der Waals surface area contributed by atoms with E-state index in [0.717, 1.165) is 89.4 Å². The Hall–Kier alpha value is -7.06. The summed E-state index contributed by atoms with van der Waals surface area (Å²) in [6, 6.07) is 43.9. The molecule has 24 heteroatoms. The molecule has 1 radical (unpaired) electrons. The quantitative estimate of drug-likeness (QED) is 0.0271. The third-order valence-electron chi connectivity index (χ3n) is 13.9. The number of rotatable bonds is 18. The summed E-state index contributed by atoms with van der Waals surface area (Å²) in [6.45, 7) is 0. The molecule has 4 aromatic carbocycles. The van der Waals surface area contributed by atoms with Crippen LogP contribution in [0.25, 0.3) is 90.9 Å². The van der Waals surface area contributed by atoms with Crippen LogP contribution in [0.15, 0.2) is 121 Å². The maximum Gasteiger partial charge on any atom is 2.00 e. The van der Waals surface area contributed by atoms with E-state index in [4.69, 9.17) is 25.0 Å². The number of carbonyl (C=O) groups is 5. The molecule has 0 atom stereocenters. The fourth-order valence-corrected chi connectivity index (χ4v) is 9.95. The van der Waals surface area contributed by atoms with Gasteiger partial charge in [-0.1, -0.05) is 24.3 Å². The molecular formula is C71H86MnN8O10S5. The summed E-state index contributed by atoms with van der Waals surface area (Å²) in [6.07, 6.45) is 8.89. The second-order valence-electron chi connectivity index (χ2n) is 24.8. The second-order valence-corrected chi connectivity index (χ2v) is 27.1. The minimum atomic E-state index is -1.04. The van der Waals surface area contributed by atoms with E-state index in [9.17, 15) is 44.4 Å². The molecule has 7 aromatic rings. The third kappa shape index (κ3) is 25.8. The predicted octanol–water partition coefficient (Wildman–Crippen LogP) is 7.98. The van der Waals surface area contributed by atoms with Gasteiger partial charge in [0.15, 0.2) is 0 Å². The summed E-state index contributed by atoms with van der Waals surface area (Å²) in [4.78, 5) is 69.3. The van der Waals surface area contributed by atoms with Crippen molar-refractivity contribution in [2.45, 2.75) is 32.1 Å². The van der Waals surface area contributed by atoms with E-state index in [2.05, 4.69) is 293 Å². The van der Waals surface area contributed by atoms with Crippen molar-refractivity contribution in [2.75, 3.05) is 113 Å². The van der Waals surface area contributed by atoms with Gasteiger partial charge in [0, 0.05) is 29.6 Å². The van der Waals surface area contributed by atoms with Crippen LogP contribution in [-0.4, -0.2) is 158 Å². The first-order chi connectivity index (χ1) is 44.1. The van der Waals surface area contributed by atoms with E-state index in [0.29, 0.717) is 46.7 Å². The standard InChI is InChI=1S/C56H60N8.5C3H6O2S.Mn/c1-61(2,3)41-21-13-37(14-22-41)53-45-29-31-47(57-45)54(38-15-23-42(24-16-38)62(4,5)6)49-33-35-51(59-49)56(40-19-27-44(28-20-40)64(10,11)12)52-36-34-50(60-52)55(48-32-30-46(53)58-48)39-17-25-43(26-18-39)63(7,8)9;5*4-3(5)1-2-6;/h13-36H,1-12H3;5*6H,1-2H2,(H,4,5);/q+2;;;;;;+2/p-4. The topological polar surface area (TPSA) is 252 Å². The Morgan fingerprint density at radius 1 is 0.337 bits per heavy atom. The van der Waals surface area contributed by atoms with Gasteiger partial charge in [-0.2, -0.15) is 63.1 Å². The van der Waals surface area contributed by atoms with Crippen molar-refractivity contribution >= 4 is 162 Å². The van der Waals surface area contributed by atoms with Crippen LogP contribution >= 0.6 is 63.1 Å². The van der Waals surface area contributed by atoms with Crippen molar-refractivity contribution < 1.29 is 66.6 Å². The van der Waals surface area contributed by atoms with Crippen LogP contribution < -0.4 is 48.3 Å². The van der Waals surface area contributed by atoms with E-state index < -0.39 is 29.8 Å². The molecule has 1 N–H and O–H groups in total. The summed E-state index contributed by atoms with van der Waals surface area (Å²) in [5.41, 5.74) is 19.7. The number of hydrogen-bond donors (Lipinski definition) is 6. The molecular weight excluding hydrogens is 1340 g/mol. The first-order valence-electron chi connectivity index (χ1n) is 29.9. The smallest absolute Gasteiger partial charge is 0.657 e. The van der Waals surface area contributed by atoms with Crippen LogP contribution in [-0.2, 0) is 41.0 Å². The Labute approximate surface area is 596 Å². The molecule has 9 rings (SSSR count). The largest absolute Gasteiger partial charge is 2.00 e. The fourth-order valence-electron chi connectivity index (χ4n) is 9.03. The van der Waals surface area contributed by atoms with Crippen molar-refractivity contribution in [1.29, 1.82) is 0 Å². The third-order valence-corrected chi connectivity index (χ3v) is 15.0. The first-order valence-corrected chi connectivity index (χ1v) is 33.0. The SMILES string of the molecule is C[N+](C)(C)c1ccc(-c2c3nc(c(-c4ccc([N+](C)(C)C)cc4)c4ccc([n-]4)c(-c4ccc([N+](C)(C)C)cc4)c4nc(c(-c5ccc([N+](C)(C)C)cc5)c5ccc2[n-]5)C=C4)C=C3)cc1.O=C(O)CCS.O=C([O-])CCS.O=C([O-])CCS.O=C([O-])CCS.O=C([O-])CCS.[Mn+2]. The van der Waals surface area contributed by atoms with Gasteiger partial charge in [0.05, 0.1) is 114 Å². The van der Waals surface area contributed by atoms with Gasteiger partial charge in [-0.25, -0.2) is 9.97 Å². The molecule has 0 saturated carbocycles. The maximum absolute atomic E-state index is 9.55. The van der Waals surface area contributed by atoms with Crippen LogP contribution in [0.3, 0.4) is 0 Å². The molecule has 95 heavy (non-hydrogen) atoms. The van der Waals surface area contributed by atoms with Gasteiger partial charge >= 0.3 is 23.0 Å². The van der Waals surface area contributed by atoms with Crippen molar-refractivity contribution in [3.8, 4) is 44.5 Å². The van der Waals surface area contributed by atoms with Crippen LogP contribution in [0.4, 0.5) is 22.7 Å². The van der Waals surface area contributed by atoms with Crippen LogP contribution in [0, 0.1) is 0 Å². The average Bonchev–Trinajstić information content (AvgIpc) is 1.67. The molecule has 2 aliphatic rings. The Kier molecular flexibility index (Phi) is 32.9. The molecule has 0 spiro atoms. The van der Waals surface area contributed by atoms with E-state index in [1.54, 1.807) is 0 Å². The number of nitrogens with zero attached hydrogens (tertiary/aromatic N) is 8. The van der Waals surface area contributed by atoms with Crippen LogP contribution in [0.1, 0.15) is 54.9 Å². The molecule has 0 unspecified atom stereocenters. The Morgan fingerprint density at radius 2 is 0.516 bits per heavy atom. The molecule has 0 fully saturated rings. The predicted molar refractivity (Wildman–Crippen MR) is 397 cm³/mol. The number of benzene rings is 4. The molecule has 2 aliphatic heterocycles. The summed E-state index contributed by atoms with van der Waals surface area (Å²) in [5.74, 6) is -3.06. The molecule has 0 amide bonds. The minimum Gasteiger partial charge on any atom is -0.657 e. The van der Waals surface area contributed by atoms with Gasteiger partial charge in [0.1, 0.15) is 22.7 Å². The van der Waals surface area contributed by atoms with E-state index in [1.807, 2.05) is 0 Å². The van der Waals surface area contributed by atoms with Crippen molar-refractivity contribution in [3.05, 3.63) is 144 Å². The zero-order valence-corrected chi connectivity index (χ0v) is 61.4. The Bertz CT molecular complexity index is 3430. The van der Waals surface area contributed by atoms with E-state index in [-0.39, 0.29) is 49.2 Å². The summed E-state index contributed by atoms with van der Waals surface area (Å²) >= 11 is 18.2. The van der Waals surface area contributed by atoms with Crippen molar-refractivity contribution in [2.24, 2.45) is 0 Å². The number of aliphatic carboxylic acids is 5. The number of carbonyl (C=O) groups excluding carboxylic acids is 4. The number of thiol groups is 5. The van der Waals surface area contributed by atoms with Crippen molar-refractivity contribution in [1.82, 2.24) is 37.9 Å². The van der Waals surface area contributed by atoms with Gasteiger partial charge < -0.3 is 54.7 Å². The zero-order chi connectivity index (χ0) is 70.3. The van der Waals surface area contributed by atoms with Crippen molar-refractivity contribution in [3.63, 3.8) is 0 Å². The molecule has 18 nitrogen and oxygen atoms in total. The average molecular weight is 1430 g/mol. The number of carboxylic acid groups (broad SMARTS) is 5. The summed E-state index contributed by atoms with van der Waals surface area (Å²) in [7, 11) is 26.3. The van der Waals surface area contributed by atoms with Gasteiger partial charge in [-0.3, -0.25) is 22.7 Å². The molecule has 8 bridgehead atoms. The fraction of sp³-hybridized carbons (Fsp3) is 0.310. The van der Waals surface area contributed by atoms with E-state index in [1.165, 1.54) is 22.7 Å². The molecule has 507 valence electrons. The van der Waals surface area contributed by atoms with Gasteiger partial charge in [-0.05, 0) is 215 Å². The monoisotopic (exact) mass is 1430 g/mol. The normalized spacial score (nSPS) is 11.5. The minimum absolute atomic E-state index is 0. The molecule has 5 heterocycles. The first kappa shape index (κ1) is 82.2. The molecule has 0 saturated heterocycles. The number of hydrogen-bond acceptors (Lipinski definition) is 16. The summed E-state index contributed by atoms with van der Waals surface area (Å²) in [5, 5.41) is 45.6. The maximum atomic E-state index is 9.55. The molecule has 0 aliphatic carbocycles. The number of carboxylic acids is 5. The zero-order valence-electron chi connectivity index (χ0n) is 55.7. The number of fused-ring (bicyclic) bond motifs is 8. The Morgan fingerprint density at radius 3 is 0.632 bits per heavy atom. The second kappa shape index (κ2) is 38.0. The molecule has 3 aromatic heterocycles. The van der Waals surface area contributed by atoms with Gasteiger partial charge in [0.2, 0.25) is 0 Å². The van der Waals surface area contributed by atoms with Gasteiger partial charge in [-0.15, -0.1) is 22.1 Å². The summed E-state index contributed by atoms with van der Waals surface area (Å²) < 4.78 is 2.86. The van der Waals surface area contributed by atoms with Crippen LogP contribution in [0.2, 0.25) is 0 Å². The van der Waals surface area contributed by atoms with E-state index >= 15 is 0 Å². The number of quaternary nitrogens is 4. The number of aromatic nitrogens is 4.